The molecule has 0 amide bonds. The van der Waals surface area contributed by atoms with Crippen LogP contribution in [0.2, 0.25) is 0 Å². The number of hydrogen-bond acceptors (Lipinski definition) is 3. The predicted molar refractivity (Wildman–Crippen MR) is 42.9 cm³/mol. The van der Waals surface area contributed by atoms with E-state index in [2.05, 4.69) is 13.8 Å². The predicted octanol–water partition coefficient (Wildman–Crippen LogP) is 1.11. The van der Waals surface area contributed by atoms with E-state index in [1.807, 2.05) is 11.8 Å². The Balaban J connectivity index is 0. The van der Waals surface area contributed by atoms with E-state index >= 15 is 0 Å². The van der Waals surface area contributed by atoms with Gasteiger partial charge in [0.2, 0.25) is 0 Å². The van der Waals surface area contributed by atoms with E-state index in [9.17, 15) is 0 Å². The summed E-state index contributed by atoms with van der Waals surface area (Å²) in [5, 5.41) is 0. The highest BCUT2D eigenvalue weighted by Gasteiger charge is 1.84. The van der Waals surface area contributed by atoms with Gasteiger partial charge in [0.1, 0.15) is 0 Å². The van der Waals surface area contributed by atoms with Crippen molar-refractivity contribution in [1.29, 1.82) is 0 Å². The molecule has 64 valence electrons. The van der Waals surface area contributed by atoms with Crippen molar-refractivity contribution in [3.8, 4) is 0 Å². The summed E-state index contributed by atoms with van der Waals surface area (Å²) in [7, 11) is -4.67. The lowest BCUT2D eigenvalue weighted by molar-refractivity contribution is 0.381. The van der Waals surface area contributed by atoms with Crippen molar-refractivity contribution >= 4 is 22.2 Å². The molecule has 0 atom stereocenters. The molecule has 0 unspecified atom stereocenters. The van der Waals surface area contributed by atoms with Crippen LogP contribution in [0.25, 0.3) is 0 Å². The van der Waals surface area contributed by atoms with E-state index in [1.165, 1.54) is 11.5 Å². The van der Waals surface area contributed by atoms with Crippen LogP contribution in [0.4, 0.5) is 0 Å². The van der Waals surface area contributed by atoms with E-state index < -0.39 is 10.4 Å². The van der Waals surface area contributed by atoms with Crippen LogP contribution in [0.5, 0.6) is 0 Å². The van der Waals surface area contributed by atoms with Crippen molar-refractivity contribution in [3.63, 3.8) is 0 Å². The van der Waals surface area contributed by atoms with Gasteiger partial charge < -0.3 is 0 Å². The third kappa shape index (κ3) is 86.9. The molecule has 6 heteroatoms. The van der Waals surface area contributed by atoms with Crippen molar-refractivity contribution < 1.29 is 17.5 Å². The second kappa shape index (κ2) is 7.33. The Hall–Kier alpha value is 0.220. The number of hydrogen-bond donors (Lipinski definition) is 2. The minimum Gasteiger partial charge on any atom is -0.264 e. The van der Waals surface area contributed by atoms with Gasteiger partial charge in [-0.1, -0.05) is 13.8 Å². The molecule has 0 aliphatic rings. The lowest BCUT2D eigenvalue weighted by Crippen LogP contribution is -1.89. The van der Waals surface area contributed by atoms with Crippen LogP contribution < -0.4 is 0 Å². The van der Waals surface area contributed by atoms with Gasteiger partial charge in [0.25, 0.3) is 0 Å². The summed E-state index contributed by atoms with van der Waals surface area (Å²) in [6, 6.07) is 0. The van der Waals surface area contributed by atoms with Crippen LogP contribution >= 0.6 is 11.8 Å². The Kier molecular flexibility index (Phi) is 9.42. The third-order valence-electron chi connectivity index (χ3n) is 0.408. The minimum atomic E-state index is -4.67. The summed E-state index contributed by atoms with van der Waals surface area (Å²) in [5.41, 5.74) is 0. The number of thioether (sulfide) groups is 1. The molecule has 0 aliphatic carbocycles. The van der Waals surface area contributed by atoms with Crippen LogP contribution in [-0.2, 0) is 10.4 Å². The zero-order valence-electron chi connectivity index (χ0n) is 5.94. The third-order valence-corrected chi connectivity index (χ3v) is 1.22. The first kappa shape index (κ1) is 12.9. The van der Waals surface area contributed by atoms with Crippen LogP contribution in [-0.4, -0.2) is 29.0 Å². The first-order chi connectivity index (χ1) is 4.41. The highest BCUT2D eigenvalue weighted by Crippen LogP contribution is 1.93. The van der Waals surface area contributed by atoms with E-state index in [0.717, 1.165) is 0 Å². The van der Waals surface area contributed by atoms with Crippen LogP contribution in [0.15, 0.2) is 0 Å². The van der Waals surface area contributed by atoms with Crippen LogP contribution in [0.3, 0.4) is 0 Å². The Labute approximate surface area is 65.6 Å². The molecule has 0 fully saturated rings. The summed E-state index contributed by atoms with van der Waals surface area (Å²) < 4.78 is 31.6. The Morgan fingerprint density at radius 1 is 1.20 bits per heavy atom. The second-order valence-electron chi connectivity index (χ2n) is 1.23. The minimum absolute atomic E-state index is 1.26. The topological polar surface area (TPSA) is 74.6 Å². The van der Waals surface area contributed by atoms with Gasteiger partial charge in [0, 0.05) is 0 Å². The first-order valence-electron chi connectivity index (χ1n) is 2.69. The molecule has 0 saturated heterocycles. The van der Waals surface area contributed by atoms with E-state index in [4.69, 9.17) is 17.5 Å². The largest absolute Gasteiger partial charge is 0.394 e. The molecule has 0 rings (SSSR count). The summed E-state index contributed by atoms with van der Waals surface area (Å²) in [6.07, 6.45) is 0. The molecule has 10 heavy (non-hydrogen) atoms. The smallest absolute Gasteiger partial charge is 0.264 e. The average molecular weight is 188 g/mol. The fourth-order valence-electron chi connectivity index (χ4n) is 0.204. The second-order valence-corrected chi connectivity index (χ2v) is 3.69. The van der Waals surface area contributed by atoms with Gasteiger partial charge >= 0.3 is 10.4 Å². The maximum Gasteiger partial charge on any atom is 0.394 e. The highest BCUT2D eigenvalue weighted by atomic mass is 32.3. The molecule has 4 nitrogen and oxygen atoms in total. The van der Waals surface area contributed by atoms with E-state index in [1.54, 1.807) is 0 Å². The zero-order chi connectivity index (χ0) is 8.62. The number of rotatable bonds is 2. The summed E-state index contributed by atoms with van der Waals surface area (Å²) in [6.45, 7) is 4.35. The summed E-state index contributed by atoms with van der Waals surface area (Å²) >= 11 is 1.96. The van der Waals surface area contributed by atoms with Gasteiger partial charge in [-0.15, -0.1) is 0 Å². The summed E-state index contributed by atoms with van der Waals surface area (Å²) in [4.78, 5) is 0. The highest BCUT2D eigenvalue weighted by molar-refractivity contribution is 7.99. The lowest BCUT2D eigenvalue weighted by atomic mass is 11.0. The van der Waals surface area contributed by atoms with E-state index in [0.29, 0.717) is 0 Å². The van der Waals surface area contributed by atoms with Gasteiger partial charge in [0.05, 0.1) is 0 Å². The molecule has 0 radical (unpaired) electrons. The monoisotopic (exact) mass is 188 g/mol. The normalized spacial score (nSPS) is 10.0. The van der Waals surface area contributed by atoms with Gasteiger partial charge in [-0.25, -0.2) is 0 Å². The van der Waals surface area contributed by atoms with Crippen molar-refractivity contribution in [1.82, 2.24) is 0 Å². The molecule has 0 heterocycles. The summed E-state index contributed by atoms with van der Waals surface area (Å²) in [5.74, 6) is 2.52. The molecule has 0 spiro atoms. The molecular formula is C4H12O4S2. The molecule has 0 aromatic rings. The van der Waals surface area contributed by atoms with Gasteiger partial charge in [-0.3, -0.25) is 9.11 Å². The Bertz CT molecular complexity index is 129. The average Bonchev–Trinajstić information content (AvgIpc) is 1.63. The van der Waals surface area contributed by atoms with Gasteiger partial charge in [-0.05, 0) is 11.5 Å². The molecule has 0 aliphatic heterocycles. The maximum atomic E-state index is 8.74. The lowest BCUT2D eigenvalue weighted by Gasteiger charge is -1.80. The molecule has 0 aromatic heterocycles. The van der Waals surface area contributed by atoms with Crippen molar-refractivity contribution in [2.45, 2.75) is 13.8 Å². The zero-order valence-corrected chi connectivity index (χ0v) is 7.57. The standard InChI is InChI=1S/C4H10S.H2O4S/c1-3-5-4-2;1-5(2,3)4/h3-4H2,1-2H3;(H2,1,2,3,4). The van der Waals surface area contributed by atoms with Crippen molar-refractivity contribution in [3.05, 3.63) is 0 Å². The molecule has 0 aromatic carbocycles. The first-order valence-corrected chi connectivity index (χ1v) is 5.24. The molecule has 0 bridgehead atoms. The van der Waals surface area contributed by atoms with Crippen molar-refractivity contribution in [2.75, 3.05) is 11.5 Å². The van der Waals surface area contributed by atoms with Gasteiger partial charge in [-0.2, -0.15) is 20.2 Å². The van der Waals surface area contributed by atoms with Crippen LogP contribution in [0, 0.1) is 0 Å². The van der Waals surface area contributed by atoms with E-state index in [-0.39, 0.29) is 0 Å². The molecule has 0 saturated carbocycles. The van der Waals surface area contributed by atoms with Gasteiger partial charge in [0.15, 0.2) is 0 Å². The molecule has 2 N–H and O–H groups in total. The Morgan fingerprint density at radius 3 is 1.40 bits per heavy atom. The fourth-order valence-corrected chi connectivity index (χ4v) is 0.612. The van der Waals surface area contributed by atoms with Crippen LogP contribution in [0.1, 0.15) is 13.8 Å². The Morgan fingerprint density at radius 2 is 1.40 bits per heavy atom. The SMILES string of the molecule is CCSCC.O=S(=O)(O)O. The maximum absolute atomic E-state index is 8.74. The quantitative estimate of drug-likeness (QED) is 0.635. The molecular weight excluding hydrogens is 176 g/mol. The van der Waals surface area contributed by atoms with Crippen molar-refractivity contribution in [2.24, 2.45) is 0 Å². The fraction of sp³-hybridized carbons (Fsp3) is 1.00.